The van der Waals surface area contributed by atoms with Gasteiger partial charge in [-0.2, -0.15) is 0 Å². The molecule has 0 atom stereocenters. The van der Waals surface area contributed by atoms with Gasteiger partial charge in [-0.15, -0.1) is 0 Å². The number of hydrogen-bond acceptors (Lipinski definition) is 4. The minimum Gasteiger partial charge on any atom is -0.494 e. The molecule has 0 aliphatic carbocycles. The van der Waals surface area contributed by atoms with Crippen molar-refractivity contribution in [2.45, 2.75) is 20.8 Å². The number of carbonyl (C=O) groups is 2. The highest BCUT2D eigenvalue weighted by atomic mass is 16.5. The summed E-state index contributed by atoms with van der Waals surface area (Å²) in [6, 6.07) is 13.0. The van der Waals surface area contributed by atoms with Crippen molar-refractivity contribution in [2.24, 2.45) is 0 Å². The maximum absolute atomic E-state index is 12.7. The summed E-state index contributed by atoms with van der Waals surface area (Å²) in [5, 5.41) is 0. The molecule has 0 aromatic heterocycles. The number of aryl methyl sites for hydroxylation is 2. The first-order valence-corrected chi connectivity index (χ1v) is 9.98. The normalized spacial score (nSPS) is 13.9. The molecule has 0 N–H and O–H groups in total. The topological polar surface area (TPSA) is 59.1 Å². The van der Waals surface area contributed by atoms with E-state index in [0.717, 1.165) is 11.3 Å². The van der Waals surface area contributed by atoms with Gasteiger partial charge in [-0.25, -0.2) is 0 Å². The van der Waals surface area contributed by atoms with Crippen LogP contribution in [0.25, 0.3) is 0 Å². The Hall–Kier alpha value is -3.02. The molecule has 6 nitrogen and oxygen atoms in total. The van der Waals surface area contributed by atoms with Crippen LogP contribution in [0.3, 0.4) is 0 Å². The first kappa shape index (κ1) is 20.7. The van der Waals surface area contributed by atoms with Crippen molar-refractivity contribution in [3.8, 4) is 11.5 Å². The standard InChI is InChI=1S/C23H28N2O4/c1-4-28-20-9-6-19(7-10-20)23(27)25-13-11-24(12-14-25)22(26)16-29-21-8-5-17(2)18(3)15-21/h5-10,15H,4,11-14,16H2,1-3H3. The highest BCUT2D eigenvalue weighted by molar-refractivity contribution is 5.94. The van der Waals surface area contributed by atoms with E-state index in [2.05, 4.69) is 0 Å². The fourth-order valence-electron chi connectivity index (χ4n) is 3.24. The van der Waals surface area contributed by atoms with Gasteiger partial charge in [0.1, 0.15) is 11.5 Å². The van der Waals surface area contributed by atoms with E-state index in [-0.39, 0.29) is 18.4 Å². The van der Waals surface area contributed by atoms with E-state index >= 15 is 0 Å². The van der Waals surface area contributed by atoms with Crippen molar-refractivity contribution < 1.29 is 19.1 Å². The van der Waals surface area contributed by atoms with Crippen LogP contribution in [0.15, 0.2) is 42.5 Å². The molecule has 3 rings (SSSR count). The first-order valence-electron chi connectivity index (χ1n) is 9.98. The fourth-order valence-corrected chi connectivity index (χ4v) is 3.24. The Morgan fingerprint density at radius 2 is 1.45 bits per heavy atom. The molecular formula is C23H28N2O4. The molecule has 2 aromatic carbocycles. The van der Waals surface area contributed by atoms with Gasteiger partial charge >= 0.3 is 0 Å². The smallest absolute Gasteiger partial charge is 0.260 e. The van der Waals surface area contributed by atoms with Crippen LogP contribution >= 0.6 is 0 Å². The summed E-state index contributed by atoms with van der Waals surface area (Å²) in [6.07, 6.45) is 0. The van der Waals surface area contributed by atoms with E-state index in [1.165, 1.54) is 5.56 Å². The quantitative estimate of drug-likeness (QED) is 0.753. The van der Waals surface area contributed by atoms with Crippen molar-refractivity contribution >= 4 is 11.8 Å². The lowest BCUT2D eigenvalue weighted by Crippen LogP contribution is -2.51. The number of amides is 2. The van der Waals surface area contributed by atoms with Gasteiger partial charge < -0.3 is 19.3 Å². The SMILES string of the molecule is CCOc1ccc(C(=O)N2CCN(C(=O)COc3ccc(C)c(C)c3)CC2)cc1. The molecule has 1 saturated heterocycles. The van der Waals surface area contributed by atoms with Gasteiger partial charge in [0, 0.05) is 31.7 Å². The van der Waals surface area contributed by atoms with Crippen molar-refractivity contribution in [3.05, 3.63) is 59.2 Å². The van der Waals surface area contributed by atoms with E-state index in [1.807, 2.05) is 39.0 Å². The average molecular weight is 396 g/mol. The Balaban J connectivity index is 1.48. The minimum atomic E-state index is -0.0589. The molecule has 0 radical (unpaired) electrons. The van der Waals surface area contributed by atoms with E-state index < -0.39 is 0 Å². The minimum absolute atomic E-state index is 0.00926. The highest BCUT2D eigenvalue weighted by Crippen LogP contribution is 2.17. The molecular weight excluding hydrogens is 368 g/mol. The van der Waals surface area contributed by atoms with Crippen LogP contribution in [0.4, 0.5) is 0 Å². The molecule has 0 unspecified atom stereocenters. The number of nitrogens with zero attached hydrogens (tertiary/aromatic N) is 2. The molecule has 1 heterocycles. The molecule has 29 heavy (non-hydrogen) atoms. The molecule has 6 heteroatoms. The van der Waals surface area contributed by atoms with Gasteiger partial charge in [-0.1, -0.05) is 6.07 Å². The molecule has 2 aromatic rings. The predicted molar refractivity (Wildman–Crippen MR) is 112 cm³/mol. The monoisotopic (exact) mass is 396 g/mol. The molecule has 2 amide bonds. The molecule has 1 fully saturated rings. The van der Waals surface area contributed by atoms with Crippen molar-refractivity contribution in [1.29, 1.82) is 0 Å². The van der Waals surface area contributed by atoms with E-state index in [0.29, 0.717) is 44.1 Å². The van der Waals surface area contributed by atoms with Crippen LogP contribution in [0.1, 0.15) is 28.4 Å². The Bertz CT molecular complexity index is 856. The number of carbonyl (C=O) groups excluding carboxylic acids is 2. The fraction of sp³-hybridized carbons (Fsp3) is 0.391. The number of rotatable bonds is 6. The van der Waals surface area contributed by atoms with Crippen molar-refractivity contribution in [3.63, 3.8) is 0 Å². The van der Waals surface area contributed by atoms with Crippen LogP contribution in [0, 0.1) is 13.8 Å². The summed E-state index contributed by atoms with van der Waals surface area (Å²) in [5.41, 5.74) is 2.96. The lowest BCUT2D eigenvalue weighted by Gasteiger charge is -2.34. The van der Waals surface area contributed by atoms with Gasteiger partial charge in [-0.3, -0.25) is 9.59 Å². The maximum Gasteiger partial charge on any atom is 0.260 e. The largest absolute Gasteiger partial charge is 0.494 e. The zero-order valence-electron chi connectivity index (χ0n) is 17.3. The Labute approximate surface area is 172 Å². The Morgan fingerprint density at radius 3 is 2.07 bits per heavy atom. The van der Waals surface area contributed by atoms with Gasteiger partial charge in [0.2, 0.25) is 0 Å². The van der Waals surface area contributed by atoms with E-state index in [9.17, 15) is 9.59 Å². The van der Waals surface area contributed by atoms with Crippen LogP contribution in [-0.2, 0) is 4.79 Å². The van der Waals surface area contributed by atoms with Crippen molar-refractivity contribution in [2.75, 3.05) is 39.4 Å². The molecule has 1 aliphatic rings. The van der Waals surface area contributed by atoms with Crippen LogP contribution in [0.2, 0.25) is 0 Å². The molecule has 0 spiro atoms. The molecule has 0 saturated carbocycles. The molecule has 1 aliphatic heterocycles. The number of piperazine rings is 1. The third kappa shape index (κ3) is 5.28. The van der Waals surface area contributed by atoms with Gasteiger partial charge in [0.05, 0.1) is 6.61 Å². The van der Waals surface area contributed by atoms with Gasteiger partial charge in [0.25, 0.3) is 11.8 Å². The lowest BCUT2D eigenvalue weighted by atomic mass is 10.1. The Kier molecular flexibility index (Phi) is 6.75. The zero-order chi connectivity index (χ0) is 20.8. The summed E-state index contributed by atoms with van der Waals surface area (Å²) in [7, 11) is 0. The molecule has 154 valence electrons. The van der Waals surface area contributed by atoms with Crippen LogP contribution in [0.5, 0.6) is 11.5 Å². The third-order valence-electron chi connectivity index (χ3n) is 5.17. The highest BCUT2D eigenvalue weighted by Gasteiger charge is 2.25. The molecule has 0 bridgehead atoms. The van der Waals surface area contributed by atoms with Crippen LogP contribution in [-0.4, -0.2) is 61.0 Å². The second-order valence-corrected chi connectivity index (χ2v) is 7.17. The van der Waals surface area contributed by atoms with E-state index in [4.69, 9.17) is 9.47 Å². The second-order valence-electron chi connectivity index (χ2n) is 7.17. The summed E-state index contributed by atoms with van der Waals surface area (Å²) >= 11 is 0. The first-order chi connectivity index (χ1) is 14.0. The predicted octanol–water partition coefficient (Wildman–Crippen LogP) is 3.07. The number of benzene rings is 2. The second kappa shape index (κ2) is 9.45. The zero-order valence-corrected chi connectivity index (χ0v) is 17.3. The van der Waals surface area contributed by atoms with Crippen LogP contribution < -0.4 is 9.47 Å². The summed E-state index contributed by atoms with van der Waals surface area (Å²) in [6.45, 7) is 8.64. The lowest BCUT2D eigenvalue weighted by molar-refractivity contribution is -0.134. The van der Waals surface area contributed by atoms with Gasteiger partial charge in [-0.05, 0) is 68.3 Å². The summed E-state index contributed by atoms with van der Waals surface area (Å²) in [5.74, 6) is 1.37. The van der Waals surface area contributed by atoms with E-state index in [1.54, 1.807) is 34.1 Å². The van der Waals surface area contributed by atoms with Crippen molar-refractivity contribution in [1.82, 2.24) is 9.80 Å². The Morgan fingerprint density at radius 1 is 0.828 bits per heavy atom. The summed E-state index contributed by atoms with van der Waals surface area (Å²) in [4.78, 5) is 28.7. The average Bonchev–Trinajstić information content (AvgIpc) is 2.75. The third-order valence-corrected chi connectivity index (χ3v) is 5.17. The van der Waals surface area contributed by atoms with Gasteiger partial charge in [0.15, 0.2) is 6.61 Å². The maximum atomic E-state index is 12.7. The number of ether oxygens (including phenoxy) is 2. The summed E-state index contributed by atoms with van der Waals surface area (Å²) < 4.78 is 11.1. The number of hydrogen-bond donors (Lipinski definition) is 0.